The van der Waals surface area contributed by atoms with E-state index in [4.69, 9.17) is 9.92 Å². The molecule has 2 N–H and O–H groups in total. The lowest BCUT2D eigenvalue weighted by Crippen LogP contribution is -2.23. The van der Waals surface area contributed by atoms with Gasteiger partial charge in [-0.05, 0) is 23.0 Å². The molecule has 0 aliphatic rings. The average Bonchev–Trinajstić information content (AvgIpc) is 2.25. The maximum atomic E-state index is 11.6. The fraction of sp³-hybridized carbons (Fsp3) is 0.462. The number of carbonyl (C=O) groups excluding carboxylic acids is 1. The first-order valence-corrected chi connectivity index (χ1v) is 7.53. The molecule has 0 spiro atoms. The first-order valence-electron chi connectivity index (χ1n) is 6.20. The minimum absolute atomic E-state index is 0.0486. The number of carbonyl (C=O) groups is 1. The van der Waals surface area contributed by atoms with E-state index in [1.807, 2.05) is 33.8 Å². The number of hydrogen-bond acceptors (Lipinski definition) is 5. The van der Waals surface area contributed by atoms with Gasteiger partial charge in [0.05, 0.1) is 0 Å². The van der Waals surface area contributed by atoms with Crippen LogP contribution in [0.25, 0.3) is 0 Å². The molecule has 0 saturated heterocycles. The molecule has 112 valence electrons. The molecule has 0 radical (unpaired) electrons. The smallest absolute Gasteiger partial charge is 0.352 e. The van der Waals surface area contributed by atoms with E-state index in [-0.39, 0.29) is 17.6 Å². The molecule has 0 unspecified atom stereocenters. The minimum Gasteiger partial charge on any atom is -0.352 e. The predicted octanol–water partition coefficient (Wildman–Crippen LogP) is 2.65. The molecule has 0 fully saturated rings. The van der Waals surface area contributed by atoms with E-state index >= 15 is 0 Å². The number of primary amides is 1. The van der Waals surface area contributed by atoms with Crippen LogP contribution >= 0.6 is 0 Å². The molecule has 20 heavy (non-hydrogen) atoms. The molecule has 0 bridgehead atoms. The Bertz CT molecular complexity index is 567. The van der Waals surface area contributed by atoms with Crippen molar-refractivity contribution in [1.82, 2.24) is 0 Å². The SMILES string of the molecule is CC(C)c1cccc(C(C)C)c1OS(=O)(=O)OC(N)=O. The van der Waals surface area contributed by atoms with Crippen molar-refractivity contribution in [3.63, 3.8) is 0 Å². The van der Waals surface area contributed by atoms with Gasteiger partial charge in [-0.15, -0.1) is 8.42 Å². The Morgan fingerprint density at radius 2 is 1.55 bits per heavy atom. The zero-order chi connectivity index (χ0) is 15.5. The van der Waals surface area contributed by atoms with E-state index in [2.05, 4.69) is 4.18 Å². The van der Waals surface area contributed by atoms with E-state index in [0.29, 0.717) is 11.1 Å². The lowest BCUT2D eigenvalue weighted by molar-refractivity contribution is 0.206. The Morgan fingerprint density at radius 3 is 1.90 bits per heavy atom. The summed E-state index contributed by atoms with van der Waals surface area (Å²) in [5, 5.41) is 0. The molecule has 0 aromatic heterocycles. The third-order valence-electron chi connectivity index (χ3n) is 2.69. The van der Waals surface area contributed by atoms with Gasteiger partial charge in [0.15, 0.2) is 5.75 Å². The first kappa shape index (κ1) is 16.3. The van der Waals surface area contributed by atoms with Gasteiger partial charge in [-0.2, -0.15) is 0 Å². The van der Waals surface area contributed by atoms with Gasteiger partial charge in [-0.1, -0.05) is 45.9 Å². The van der Waals surface area contributed by atoms with Crippen LogP contribution in [0.5, 0.6) is 5.75 Å². The molecule has 1 amide bonds. The molecule has 0 atom stereocenters. The molecule has 0 aliphatic heterocycles. The number of rotatable bonds is 5. The molecule has 1 aromatic carbocycles. The molecule has 1 rings (SSSR count). The fourth-order valence-corrected chi connectivity index (χ4v) is 2.43. The Morgan fingerprint density at radius 1 is 1.10 bits per heavy atom. The first-order chi connectivity index (χ1) is 9.14. The number of hydrogen-bond donors (Lipinski definition) is 1. The summed E-state index contributed by atoms with van der Waals surface area (Å²) in [7, 11) is -4.52. The van der Waals surface area contributed by atoms with Crippen LogP contribution in [0.15, 0.2) is 18.2 Å². The van der Waals surface area contributed by atoms with Crippen LogP contribution in [-0.4, -0.2) is 14.5 Å². The Labute approximate surface area is 119 Å². The standard InChI is InChI=1S/C13H19NO5S/c1-8(2)10-6-5-7-11(9(3)4)12(10)18-20(16,17)19-13(14)15/h5-9H,1-4H3,(H2,14,15). The molecule has 6 nitrogen and oxygen atoms in total. The topological polar surface area (TPSA) is 95.7 Å². The lowest BCUT2D eigenvalue weighted by Gasteiger charge is -2.18. The number of para-hydroxylation sites is 1. The molecule has 7 heteroatoms. The van der Waals surface area contributed by atoms with Crippen molar-refractivity contribution in [3.05, 3.63) is 29.3 Å². The number of nitrogens with two attached hydrogens (primary N) is 1. The van der Waals surface area contributed by atoms with Crippen LogP contribution in [0.3, 0.4) is 0 Å². The van der Waals surface area contributed by atoms with Crippen LogP contribution in [-0.2, 0) is 14.6 Å². The van der Waals surface area contributed by atoms with Gasteiger partial charge >= 0.3 is 16.5 Å². The maximum absolute atomic E-state index is 11.6. The van der Waals surface area contributed by atoms with Crippen LogP contribution in [0.1, 0.15) is 50.7 Å². The Balaban J connectivity index is 3.31. The summed E-state index contributed by atoms with van der Waals surface area (Å²) in [5.41, 5.74) is 6.14. The van der Waals surface area contributed by atoms with Gasteiger partial charge in [0, 0.05) is 0 Å². The van der Waals surface area contributed by atoms with Crippen molar-refractivity contribution < 1.29 is 21.6 Å². The number of amides is 1. The largest absolute Gasteiger partial charge is 0.504 e. The third kappa shape index (κ3) is 4.12. The highest BCUT2D eigenvalue weighted by molar-refractivity contribution is 7.82. The van der Waals surface area contributed by atoms with Crippen molar-refractivity contribution >= 4 is 16.5 Å². The van der Waals surface area contributed by atoms with Gasteiger partial charge in [-0.3, -0.25) is 4.18 Å². The molecule has 0 saturated carbocycles. The maximum Gasteiger partial charge on any atom is 0.504 e. The predicted molar refractivity (Wildman–Crippen MR) is 74.8 cm³/mol. The van der Waals surface area contributed by atoms with Crippen molar-refractivity contribution in [2.75, 3.05) is 0 Å². The number of benzene rings is 1. The highest BCUT2D eigenvalue weighted by Gasteiger charge is 2.24. The Hall–Kier alpha value is -1.76. The Kier molecular flexibility index (Phi) is 4.99. The van der Waals surface area contributed by atoms with Gasteiger partial charge in [-0.25, -0.2) is 4.79 Å². The van der Waals surface area contributed by atoms with E-state index in [9.17, 15) is 13.2 Å². The lowest BCUT2D eigenvalue weighted by atomic mass is 9.94. The second-order valence-corrected chi connectivity index (χ2v) is 6.12. The summed E-state index contributed by atoms with van der Waals surface area (Å²) in [6, 6.07) is 5.37. The second-order valence-electron chi connectivity index (χ2n) is 4.97. The fourth-order valence-electron chi connectivity index (χ4n) is 1.80. The molecular weight excluding hydrogens is 282 g/mol. The summed E-state index contributed by atoms with van der Waals surface area (Å²) in [5.74, 6) is 0.290. The van der Waals surface area contributed by atoms with Crippen molar-refractivity contribution in [3.8, 4) is 5.75 Å². The normalized spacial score (nSPS) is 11.7. The van der Waals surface area contributed by atoms with Gasteiger partial charge < -0.3 is 9.92 Å². The summed E-state index contributed by atoms with van der Waals surface area (Å²) in [6.07, 6.45) is -1.43. The monoisotopic (exact) mass is 301 g/mol. The van der Waals surface area contributed by atoms with Crippen LogP contribution < -0.4 is 9.92 Å². The van der Waals surface area contributed by atoms with E-state index in [0.717, 1.165) is 0 Å². The van der Waals surface area contributed by atoms with Gasteiger partial charge in [0.25, 0.3) is 0 Å². The van der Waals surface area contributed by atoms with E-state index in [1.165, 1.54) is 0 Å². The van der Waals surface area contributed by atoms with Crippen LogP contribution in [0.4, 0.5) is 4.79 Å². The zero-order valence-corrected chi connectivity index (χ0v) is 12.7. The summed E-state index contributed by atoms with van der Waals surface area (Å²) in [4.78, 5) is 10.6. The highest BCUT2D eigenvalue weighted by Crippen LogP contribution is 2.35. The molecular formula is C13H19NO5S. The quantitative estimate of drug-likeness (QED) is 0.902. The van der Waals surface area contributed by atoms with Crippen LogP contribution in [0.2, 0.25) is 0 Å². The summed E-state index contributed by atoms with van der Waals surface area (Å²) >= 11 is 0. The van der Waals surface area contributed by atoms with Crippen molar-refractivity contribution in [2.45, 2.75) is 39.5 Å². The molecule has 1 aromatic rings. The third-order valence-corrected chi connectivity index (χ3v) is 3.43. The van der Waals surface area contributed by atoms with E-state index < -0.39 is 16.5 Å². The van der Waals surface area contributed by atoms with Crippen molar-refractivity contribution in [1.29, 1.82) is 0 Å². The van der Waals surface area contributed by atoms with Gasteiger partial charge in [0.1, 0.15) is 0 Å². The summed E-state index contributed by atoms with van der Waals surface area (Å²) in [6.45, 7) is 7.64. The van der Waals surface area contributed by atoms with Crippen LogP contribution in [0, 0.1) is 0 Å². The minimum atomic E-state index is -4.52. The average molecular weight is 301 g/mol. The molecule has 0 aliphatic carbocycles. The summed E-state index contributed by atoms with van der Waals surface area (Å²) < 4.78 is 32.2. The zero-order valence-electron chi connectivity index (χ0n) is 11.9. The second kappa shape index (κ2) is 6.13. The van der Waals surface area contributed by atoms with E-state index in [1.54, 1.807) is 12.1 Å². The molecule has 0 heterocycles. The van der Waals surface area contributed by atoms with Crippen molar-refractivity contribution in [2.24, 2.45) is 5.73 Å². The highest BCUT2D eigenvalue weighted by atomic mass is 32.3. The van der Waals surface area contributed by atoms with Gasteiger partial charge in [0.2, 0.25) is 0 Å².